The number of amides is 1. The molecule has 3 aromatic rings. The number of rotatable bonds is 5. The summed E-state index contributed by atoms with van der Waals surface area (Å²) in [6.07, 6.45) is 0. The standard InChI is InChI=1S/C22H23N3O3S/c1-14-4-6-17(10-15(14)2)23-22-25(8-9-27-3)19(13-29-22)16-5-7-20-18(11-16)24-21(26)12-28-20/h4-7,10-11,13H,8-9,12H2,1-3H3,(H,24,26). The highest BCUT2D eigenvalue weighted by Gasteiger charge is 2.17. The van der Waals surface area contributed by atoms with Gasteiger partial charge in [0.15, 0.2) is 11.4 Å². The zero-order chi connectivity index (χ0) is 20.4. The van der Waals surface area contributed by atoms with E-state index in [2.05, 4.69) is 41.2 Å². The van der Waals surface area contributed by atoms with Gasteiger partial charge in [0.2, 0.25) is 0 Å². The number of aryl methyl sites for hydroxylation is 2. The largest absolute Gasteiger partial charge is 0.482 e. The second kappa shape index (κ2) is 8.23. The molecule has 4 rings (SSSR count). The van der Waals surface area contributed by atoms with E-state index in [9.17, 15) is 4.79 Å². The van der Waals surface area contributed by atoms with Gasteiger partial charge in [-0.1, -0.05) is 6.07 Å². The molecule has 29 heavy (non-hydrogen) atoms. The number of methoxy groups -OCH3 is 1. The number of carbonyl (C=O) groups is 1. The van der Waals surface area contributed by atoms with Gasteiger partial charge >= 0.3 is 0 Å². The fourth-order valence-corrected chi connectivity index (χ4v) is 4.15. The summed E-state index contributed by atoms with van der Waals surface area (Å²) < 4.78 is 12.9. The van der Waals surface area contributed by atoms with E-state index < -0.39 is 0 Å². The molecule has 1 aliphatic rings. The molecule has 0 unspecified atom stereocenters. The summed E-state index contributed by atoms with van der Waals surface area (Å²) in [5.41, 5.74) is 6.11. The molecule has 1 aliphatic heterocycles. The molecular formula is C22H23N3O3S. The second-order valence-electron chi connectivity index (χ2n) is 6.98. The molecule has 0 atom stereocenters. The fraction of sp³-hybridized carbons (Fsp3) is 0.273. The average molecular weight is 410 g/mol. The van der Waals surface area contributed by atoms with Crippen molar-refractivity contribution in [1.29, 1.82) is 0 Å². The SMILES string of the molecule is COCCn1c(-c2ccc3c(c2)NC(=O)CO3)csc1=Nc1ccc(C)c(C)c1. The molecule has 1 aromatic heterocycles. The van der Waals surface area contributed by atoms with Crippen molar-refractivity contribution in [1.82, 2.24) is 4.57 Å². The number of benzene rings is 2. The second-order valence-corrected chi connectivity index (χ2v) is 7.81. The van der Waals surface area contributed by atoms with E-state index in [4.69, 9.17) is 14.5 Å². The Morgan fingerprint density at radius 3 is 2.86 bits per heavy atom. The molecular weight excluding hydrogens is 386 g/mol. The van der Waals surface area contributed by atoms with Crippen molar-refractivity contribution in [3.63, 3.8) is 0 Å². The quantitative estimate of drug-likeness (QED) is 0.692. The predicted molar refractivity (Wildman–Crippen MR) is 115 cm³/mol. The van der Waals surface area contributed by atoms with E-state index in [-0.39, 0.29) is 12.5 Å². The topological polar surface area (TPSA) is 64.8 Å². The maximum atomic E-state index is 11.7. The number of thiazole rings is 1. The van der Waals surface area contributed by atoms with Crippen LogP contribution in [-0.2, 0) is 16.1 Å². The molecule has 0 fully saturated rings. The normalized spacial score (nSPS) is 13.8. The Morgan fingerprint density at radius 2 is 2.07 bits per heavy atom. The van der Waals surface area contributed by atoms with Gasteiger partial charge < -0.3 is 19.4 Å². The number of hydrogen-bond donors (Lipinski definition) is 1. The lowest BCUT2D eigenvalue weighted by Gasteiger charge is -2.19. The van der Waals surface area contributed by atoms with Crippen LogP contribution in [0.1, 0.15) is 11.1 Å². The van der Waals surface area contributed by atoms with Crippen molar-refractivity contribution < 1.29 is 14.3 Å². The molecule has 0 aliphatic carbocycles. The van der Waals surface area contributed by atoms with E-state index in [0.717, 1.165) is 21.7 Å². The molecule has 7 heteroatoms. The van der Waals surface area contributed by atoms with Crippen LogP contribution in [0.25, 0.3) is 11.3 Å². The fourth-order valence-electron chi connectivity index (χ4n) is 3.20. The summed E-state index contributed by atoms with van der Waals surface area (Å²) in [5.74, 6) is 0.546. The number of hydrogen-bond acceptors (Lipinski definition) is 5. The zero-order valence-corrected chi connectivity index (χ0v) is 17.5. The highest BCUT2D eigenvalue weighted by molar-refractivity contribution is 7.07. The summed E-state index contributed by atoms with van der Waals surface area (Å²) in [4.78, 5) is 17.4. The van der Waals surface area contributed by atoms with Crippen molar-refractivity contribution in [3.8, 4) is 17.0 Å². The summed E-state index contributed by atoms with van der Waals surface area (Å²) in [6, 6.07) is 12.1. The van der Waals surface area contributed by atoms with Crippen LogP contribution < -0.4 is 14.9 Å². The molecule has 0 radical (unpaired) electrons. The third kappa shape index (κ3) is 4.11. The molecule has 0 spiro atoms. The van der Waals surface area contributed by atoms with Gasteiger partial charge in [0, 0.05) is 24.6 Å². The number of carbonyl (C=O) groups excluding carboxylic acids is 1. The lowest BCUT2D eigenvalue weighted by atomic mass is 10.1. The number of nitrogens with zero attached hydrogens (tertiary/aromatic N) is 2. The first-order chi connectivity index (χ1) is 14.0. The highest BCUT2D eigenvalue weighted by Crippen LogP contribution is 2.33. The van der Waals surface area contributed by atoms with Gasteiger partial charge in [-0.2, -0.15) is 0 Å². The molecule has 150 valence electrons. The number of aromatic nitrogens is 1. The Balaban J connectivity index is 1.78. The molecule has 2 heterocycles. The van der Waals surface area contributed by atoms with Crippen LogP contribution >= 0.6 is 11.3 Å². The third-order valence-corrected chi connectivity index (χ3v) is 5.80. The molecule has 0 bridgehead atoms. The van der Waals surface area contributed by atoms with Crippen molar-refractivity contribution >= 4 is 28.6 Å². The van der Waals surface area contributed by atoms with Gasteiger partial charge in [-0.3, -0.25) is 4.79 Å². The van der Waals surface area contributed by atoms with Gasteiger partial charge in [-0.05, 0) is 55.3 Å². The number of anilines is 1. The van der Waals surface area contributed by atoms with Crippen LogP contribution in [-0.4, -0.2) is 30.8 Å². The van der Waals surface area contributed by atoms with Gasteiger partial charge in [0.25, 0.3) is 5.91 Å². The Hall–Kier alpha value is -2.90. The van der Waals surface area contributed by atoms with Crippen molar-refractivity contribution in [2.45, 2.75) is 20.4 Å². The van der Waals surface area contributed by atoms with Crippen LogP contribution in [0.3, 0.4) is 0 Å². The van der Waals surface area contributed by atoms with Crippen LogP contribution in [0, 0.1) is 13.8 Å². The number of nitrogens with one attached hydrogen (secondary N) is 1. The van der Waals surface area contributed by atoms with Crippen LogP contribution in [0.2, 0.25) is 0 Å². The average Bonchev–Trinajstić information content (AvgIpc) is 3.11. The van der Waals surface area contributed by atoms with Gasteiger partial charge in [-0.25, -0.2) is 4.99 Å². The molecule has 2 aromatic carbocycles. The number of fused-ring (bicyclic) bond motifs is 1. The molecule has 1 amide bonds. The first kappa shape index (κ1) is 19.4. The van der Waals surface area contributed by atoms with E-state index in [0.29, 0.717) is 24.6 Å². The van der Waals surface area contributed by atoms with E-state index in [1.54, 1.807) is 18.4 Å². The maximum absolute atomic E-state index is 11.7. The first-order valence-corrected chi connectivity index (χ1v) is 10.3. The van der Waals surface area contributed by atoms with E-state index in [1.807, 2.05) is 24.3 Å². The predicted octanol–water partition coefficient (Wildman–Crippen LogP) is 4.04. The summed E-state index contributed by atoms with van der Waals surface area (Å²) >= 11 is 1.59. The maximum Gasteiger partial charge on any atom is 0.262 e. The van der Waals surface area contributed by atoms with E-state index >= 15 is 0 Å². The minimum Gasteiger partial charge on any atom is -0.482 e. The third-order valence-electron chi connectivity index (χ3n) is 4.94. The van der Waals surface area contributed by atoms with Crippen LogP contribution in [0.4, 0.5) is 11.4 Å². The number of ether oxygens (including phenoxy) is 2. The molecule has 1 N–H and O–H groups in total. The lowest BCUT2D eigenvalue weighted by molar-refractivity contribution is -0.118. The van der Waals surface area contributed by atoms with Crippen molar-refractivity contribution in [2.24, 2.45) is 4.99 Å². The van der Waals surface area contributed by atoms with Gasteiger partial charge in [0.05, 0.1) is 23.7 Å². The highest BCUT2D eigenvalue weighted by atomic mass is 32.1. The Morgan fingerprint density at radius 1 is 1.21 bits per heavy atom. The minimum atomic E-state index is -0.141. The minimum absolute atomic E-state index is 0.0532. The Labute approximate surface area is 173 Å². The lowest BCUT2D eigenvalue weighted by Crippen LogP contribution is -2.25. The Bertz CT molecular complexity index is 1130. The van der Waals surface area contributed by atoms with Crippen molar-refractivity contribution in [2.75, 3.05) is 25.6 Å². The smallest absolute Gasteiger partial charge is 0.262 e. The zero-order valence-electron chi connectivity index (χ0n) is 16.7. The molecule has 0 saturated carbocycles. The van der Waals surface area contributed by atoms with Crippen LogP contribution in [0.15, 0.2) is 46.8 Å². The summed E-state index contributed by atoms with van der Waals surface area (Å²) in [7, 11) is 1.69. The Kier molecular flexibility index (Phi) is 5.51. The molecule has 0 saturated heterocycles. The summed E-state index contributed by atoms with van der Waals surface area (Å²) in [5, 5.41) is 4.96. The first-order valence-electron chi connectivity index (χ1n) is 9.41. The van der Waals surface area contributed by atoms with Gasteiger partial charge in [-0.15, -0.1) is 11.3 Å². The van der Waals surface area contributed by atoms with E-state index in [1.165, 1.54) is 11.1 Å². The molecule has 6 nitrogen and oxygen atoms in total. The van der Waals surface area contributed by atoms with Crippen LogP contribution in [0.5, 0.6) is 5.75 Å². The van der Waals surface area contributed by atoms with Crippen molar-refractivity contribution in [3.05, 3.63) is 57.7 Å². The monoisotopic (exact) mass is 409 g/mol. The van der Waals surface area contributed by atoms with Gasteiger partial charge in [0.1, 0.15) is 5.75 Å². The summed E-state index contributed by atoms with van der Waals surface area (Å²) in [6.45, 7) is 5.50.